The van der Waals surface area contributed by atoms with Gasteiger partial charge in [-0.15, -0.1) is 11.3 Å². The summed E-state index contributed by atoms with van der Waals surface area (Å²) in [6.45, 7) is 2.63. The molecule has 21 heavy (non-hydrogen) atoms. The molecule has 2 N–H and O–H groups in total. The molecule has 0 radical (unpaired) electrons. The number of carbonyl (C=O) groups is 1. The highest BCUT2D eigenvalue weighted by Crippen LogP contribution is 2.37. The van der Waals surface area contributed by atoms with Gasteiger partial charge in [0.2, 0.25) is 0 Å². The molecule has 0 aromatic carbocycles. The van der Waals surface area contributed by atoms with Crippen LogP contribution in [0, 0.1) is 6.92 Å². The van der Waals surface area contributed by atoms with Crippen molar-refractivity contribution >= 4 is 17.2 Å². The predicted molar refractivity (Wildman–Crippen MR) is 82.9 cm³/mol. The summed E-state index contributed by atoms with van der Waals surface area (Å²) in [6.07, 6.45) is 4.87. The van der Waals surface area contributed by atoms with Gasteiger partial charge < -0.3 is 15.2 Å². The Bertz CT molecular complexity index is 469. The molecule has 0 saturated heterocycles. The van der Waals surface area contributed by atoms with E-state index in [-0.39, 0.29) is 5.91 Å². The number of thiazole rings is 1. The Morgan fingerprint density at radius 2 is 2.24 bits per heavy atom. The monoisotopic (exact) mass is 312 g/mol. The quantitative estimate of drug-likeness (QED) is 0.810. The van der Waals surface area contributed by atoms with Gasteiger partial charge in [-0.3, -0.25) is 4.79 Å². The molecule has 1 unspecified atom stereocenters. The number of methoxy groups -OCH3 is 1. The van der Waals surface area contributed by atoms with E-state index in [1.165, 1.54) is 37.0 Å². The fraction of sp³-hybridized carbons (Fsp3) is 0.733. The van der Waals surface area contributed by atoms with Crippen LogP contribution in [-0.4, -0.2) is 42.4 Å². The van der Waals surface area contributed by atoms with E-state index in [2.05, 4.69) is 10.3 Å². The molecule has 2 rings (SSSR count). The first-order valence-electron chi connectivity index (χ1n) is 7.54. The first-order chi connectivity index (χ1) is 10.1. The van der Waals surface area contributed by atoms with E-state index in [4.69, 9.17) is 4.74 Å². The van der Waals surface area contributed by atoms with Crippen LogP contribution >= 0.6 is 11.3 Å². The molecule has 0 bridgehead atoms. The Balaban J connectivity index is 1.87. The summed E-state index contributed by atoms with van der Waals surface area (Å²) in [5.41, 5.74) is 0.817. The Morgan fingerprint density at radius 1 is 1.52 bits per heavy atom. The Morgan fingerprint density at radius 3 is 2.90 bits per heavy atom. The molecule has 1 aliphatic carbocycles. The standard InChI is InChI=1S/C15H24N2O3S/c1-10-13(14(19)16-8-7-12(18)9-20-2)21-15(17-10)11-5-3-4-6-11/h11-12,18H,3-9H2,1-2H3,(H,16,19). The normalized spacial score (nSPS) is 17.1. The minimum absolute atomic E-state index is 0.0844. The molecule has 1 heterocycles. The van der Waals surface area contributed by atoms with Crippen LogP contribution in [-0.2, 0) is 4.74 Å². The number of rotatable bonds is 7. The van der Waals surface area contributed by atoms with Gasteiger partial charge in [0.15, 0.2) is 0 Å². The van der Waals surface area contributed by atoms with E-state index in [1.807, 2.05) is 6.92 Å². The highest BCUT2D eigenvalue weighted by atomic mass is 32.1. The second-order valence-electron chi connectivity index (χ2n) is 5.60. The molecular formula is C15H24N2O3S. The molecule has 1 aliphatic rings. The summed E-state index contributed by atoms with van der Waals surface area (Å²) in [5.74, 6) is 0.456. The van der Waals surface area contributed by atoms with Crippen molar-refractivity contribution in [3.05, 3.63) is 15.6 Å². The molecule has 1 fully saturated rings. The molecule has 5 nitrogen and oxygen atoms in total. The average molecular weight is 312 g/mol. The summed E-state index contributed by atoms with van der Waals surface area (Å²) in [6, 6.07) is 0. The van der Waals surface area contributed by atoms with Gasteiger partial charge >= 0.3 is 0 Å². The Hall–Kier alpha value is -0.980. The van der Waals surface area contributed by atoms with E-state index < -0.39 is 6.10 Å². The number of aryl methyl sites for hydroxylation is 1. The van der Waals surface area contributed by atoms with E-state index in [0.717, 1.165) is 10.7 Å². The SMILES string of the molecule is COCC(O)CCNC(=O)c1sc(C2CCCC2)nc1C. The Kier molecular flexibility index (Phi) is 6.14. The molecule has 1 amide bonds. The van der Waals surface area contributed by atoms with Crippen LogP contribution in [0.15, 0.2) is 0 Å². The minimum atomic E-state index is -0.535. The summed E-state index contributed by atoms with van der Waals surface area (Å²) in [7, 11) is 1.55. The largest absolute Gasteiger partial charge is 0.391 e. The van der Waals surface area contributed by atoms with Crippen LogP contribution in [0.4, 0.5) is 0 Å². The van der Waals surface area contributed by atoms with Gasteiger partial charge in [-0.2, -0.15) is 0 Å². The van der Waals surface area contributed by atoms with Gasteiger partial charge in [0, 0.05) is 19.6 Å². The minimum Gasteiger partial charge on any atom is -0.391 e. The van der Waals surface area contributed by atoms with Crippen LogP contribution in [0.2, 0.25) is 0 Å². The molecule has 1 atom stereocenters. The molecule has 118 valence electrons. The topological polar surface area (TPSA) is 71.5 Å². The number of hydrogen-bond donors (Lipinski definition) is 2. The van der Waals surface area contributed by atoms with E-state index >= 15 is 0 Å². The van der Waals surface area contributed by atoms with Crippen LogP contribution in [0.1, 0.15) is 58.4 Å². The third-order valence-corrected chi connectivity index (χ3v) is 5.16. The zero-order valence-electron chi connectivity index (χ0n) is 12.7. The number of hydrogen-bond acceptors (Lipinski definition) is 5. The number of ether oxygens (including phenoxy) is 1. The summed E-state index contributed by atoms with van der Waals surface area (Å²) in [5, 5.41) is 13.5. The van der Waals surface area contributed by atoms with Crippen LogP contribution in [0.3, 0.4) is 0 Å². The van der Waals surface area contributed by atoms with Gasteiger partial charge in [-0.1, -0.05) is 12.8 Å². The smallest absolute Gasteiger partial charge is 0.263 e. The number of carbonyl (C=O) groups excluding carboxylic acids is 1. The molecular weight excluding hydrogens is 288 g/mol. The molecule has 1 saturated carbocycles. The fourth-order valence-corrected chi connectivity index (χ4v) is 3.84. The molecule has 6 heteroatoms. The summed E-state index contributed by atoms with van der Waals surface area (Å²) >= 11 is 1.52. The average Bonchev–Trinajstić information content (AvgIpc) is 3.07. The van der Waals surface area contributed by atoms with Crippen molar-refractivity contribution in [2.45, 2.75) is 51.0 Å². The number of nitrogens with one attached hydrogen (secondary N) is 1. The van der Waals surface area contributed by atoms with Gasteiger partial charge in [0.05, 0.1) is 23.4 Å². The second kappa shape index (κ2) is 7.87. The first kappa shape index (κ1) is 16.4. The lowest BCUT2D eigenvalue weighted by atomic mass is 10.1. The van der Waals surface area contributed by atoms with Gasteiger partial charge in [0.25, 0.3) is 5.91 Å². The van der Waals surface area contributed by atoms with Crippen LogP contribution < -0.4 is 5.32 Å². The lowest BCUT2D eigenvalue weighted by Crippen LogP contribution is -2.28. The second-order valence-corrected chi connectivity index (χ2v) is 6.63. The van der Waals surface area contributed by atoms with Crippen molar-refractivity contribution in [3.8, 4) is 0 Å². The predicted octanol–water partition coefficient (Wildman–Crippen LogP) is 2.24. The number of aliphatic hydroxyl groups excluding tert-OH is 1. The van der Waals surface area contributed by atoms with Gasteiger partial charge in [0.1, 0.15) is 4.88 Å². The number of aromatic nitrogens is 1. The number of aliphatic hydroxyl groups is 1. The van der Waals surface area contributed by atoms with Crippen molar-refractivity contribution < 1.29 is 14.6 Å². The first-order valence-corrected chi connectivity index (χ1v) is 8.36. The van der Waals surface area contributed by atoms with Crippen LogP contribution in [0.5, 0.6) is 0 Å². The third kappa shape index (κ3) is 4.49. The van der Waals surface area contributed by atoms with Gasteiger partial charge in [-0.25, -0.2) is 4.98 Å². The van der Waals surface area contributed by atoms with Crippen molar-refractivity contribution in [1.82, 2.24) is 10.3 Å². The third-order valence-electron chi connectivity index (χ3n) is 3.85. The van der Waals surface area contributed by atoms with E-state index in [1.54, 1.807) is 7.11 Å². The lowest BCUT2D eigenvalue weighted by Gasteiger charge is -2.09. The van der Waals surface area contributed by atoms with E-state index in [9.17, 15) is 9.90 Å². The fourth-order valence-electron chi connectivity index (χ4n) is 2.68. The molecule has 1 aromatic rings. The zero-order valence-corrected chi connectivity index (χ0v) is 13.5. The summed E-state index contributed by atoms with van der Waals surface area (Å²) in [4.78, 5) is 17.5. The zero-order chi connectivity index (χ0) is 15.2. The van der Waals surface area contributed by atoms with Gasteiger partial charge in [-0.05, 0) is 26.2 Å². The molecule has 1 aromatic heterocycles. The molecule has 0 spiro atoms. The maximum Gasteiger partial charge on any atom is 0.263 e. The number of nitrogens with zero attached hydrogens (tertiary/aromatic N) is 1. The Labute approximate surface area is 129 Å². The van der Waals surface area contributed by atoms with Crippen molar-refractivity contribution in [2.24, 2.45) is 0 Å². The maximum atomic E-state index is 12.2. The highest BCUT2D eigenvalue weighted by Gasteiger charge is 2.23. The highest BCUT2D eigenvalue weighted by molar-refractivity contribution is 7.13. The van der Waals surface area contributed by atoms with Crippen LogP contribution in [0.25, 0.3) is 0 Å². The lowest BCUT2D eigenvalue weighted by molar-refractivity contribution is 0.0588. The number of amides is 1. The van der Waals surface area contributed by atoms with Crippen molar-refractivity contribution in [3.63, 3.8) is 0 Å². The van der Waals surface area contributed by atoms with Crippen molar-refractivity contribution in [2.75, 3.05) is 20.3 Å². The van der Waals surface area contributed by atoms with E-state index in [0.29, 0.717) is 30.4 Å². The summed E-state index contributed by atoms with van der Waals surface area (Å²) < 4.78 is 4.85. The maximum absolute atomic E-state index is 12.2. The molecule has 0 aliphatic heterocycles. The van der Waals surface area contributed by atoms with Crippen molar-refractivity contribution in [1.29, 1.82) is 0 Å².